The van der Waals surface area contributed by atoms with E-state index >= 15 is 0 Å². The Hall–Kier alpha value is -1.06. The Morgan fingerprint density at radius 2 is 1.88 bits per heavy atom. The Balaban J connectivity index is 0.00000312. The average molecular weight is 466 g/mol. The van der Waals surface area contributed by atoms with Gasteiger partial charge in [-0.3, -0.25) is 14.6 Å². The lowest BCUT2D eigenvalue weighted by Crippen LogP contribution is -2.47. The Bertz CT molecular complexity index is 461. The molecule has 2 aliphatic rings. The first-order chi connectivity index (χ1) is 11.6. The number of likely N-dealkylation sites (tertiary alicyclic amines) is 1. The standard InChI is InChI=1S/C17H30N4O3.HI/c1-3-24-16(23)13-8-11-21(12-9-13)17(18-2)19-10-4-5-15(22)20-14-6-7-14;/h13-14H,3-12H2,1-2H3,(H,18,19)(H,20,22);1H. The molecular formula is C17H31IN4O3. The summed E-state index contributed by atoms with van der Waals surface area (Å²) in [4.78, 5) is 29.9. The SMILES string of the molecule is CCOC(=O)C1CCN(C(=NC)NCCCC(=O)NC2CC2)CC1.I. The number of halogens is 1. The third-order valence-corrected chi connectivity index (χ3v) is 4.43. The number of esters is 1. The predicted octanol–water partition coefficient (Wildman–Crippen LogP) is 1.51. The minimum absolute atomic E-state index is 0. The maximum absolute atomic E-state index is 11.8. The van der Waals surface area contributed by atoms with Crippen LogP contribution >= 0.6 is 24.0 Å². The van der Waals surface area contributed by atoms with Crippen molar-refractivity contribution in [3.05, 3.63) is 0 Å². The third kappa shape index (κ3) is 7.79. The highest BCUT2D eigenvalue weighted by Crippen LogP contribution is 2.19. The van der Waals surface area contributed by atoms with Crippen molar-refractivity contribution in [1.29, 1.82) is 0 Å². The van der Waals surface area contributed by atoms with E-state index in [4.69, 9.17) is 4.74 Å². The number of nitrogens with zero attached hydrogens (tertiary/aromatic N) is 2. The number of guanidine groups is 1. The largest absolute Gasteiger partial charge is 0.466 e. The lowest BCUT2D eigenvalue weighted by Gasteiger charge is -2.33. The summed E-state index contributed by atoms with van der Waals surface area (Å²) in [5, 5.41) is 6.31. The highest BCUT2D eigenvalue weighted by molar-refractivity contribution is 14.0. The van der Waals surface area contributed by atoms with E-state index in [2.05, 4.69) is 20.5 Å². The van der Waals surface area contributed by atoms with Gasteiger partial charge in [0.1, 0.15) is 0 Å². The number of ether oxygens (including phenoxy) is 1. The van der Waals surface area contributed by atoms with Crippen molar-refractivity contribution in [3.63, 3.8) is 0 Å². The number of aliphatic imine (C=N–C) groups is 1. The van der Waals surface area contributed by atoms with Gasteiger partial charge >= 0.3 is 5.97 Å². The number of carbonyl (C=O) groups is 2. The lowest BCUT2D eigenvalue weighted by molar-refractivity contribution is -0.149. The van der Waals surface area contributed by atoms with Crippen molar-refractivity contribution in [2.45, 2.75) is 51.5 Å². The molecule has 0 aromatic rings. The number of rotatable bonds is 7. The van der Waals surface area contributed by atoms with Crippen molar-refractivity contribution in [2.24, 2.45) is 10.9 Å². The summed E-state index contributed by atoms with van der Waals surface area (Å²) < 4.78 is 5.10. The zero-order valence-electron chi connectivity index (χ0n) is 15.3. The molecule has 1 amide bonds. The summed E-state index contributed by atoms with van der Waals surface area (Å²) in [5.74, 6) is 0.914. The van der Waals surface area contributed by atoms with Gasteiger partial charge in [0.15, 0.2) is 5.96 Å². The normalized spacial score (nSPS) is 18.3. The summed E-state index contributed by atoms with van der Waals surface area (Å²) in [6.45, 7) is 4.60. The first-order valence-electron chi connectivity index (χ1n) is 9.05. The van der Waals surface area contributed by atoms with Gasteiger partial charge in [0.2, 0.25) is 5.91 Å². The molecule has 0 bridgehead atoms. The quantitative estimate of drug-likeness (QED) is 0.196. The molecule has 2 N–H and O–H groups in total. The van der Waals surface area contributed by atoms with E-state index < -0.39 is 0 Å². The number of carbonyl (C=O) groups excluding carboxylic acids is 2. The highest BCUT2D eigenvalue weighted by Gasteiger charge is 2.27. The highest BCUT2D eigenvalue weighted by atomic mass is 127. The predicted molar refractivity (Wildman–Crippen MR) is 108 cm³/mol. The van der Waals surface area contributed by atoms with E-state index in [0.717, 1.165) is 57.7 Å². The molecule has 1 heterocycles. The van der Waals surface area contributed by atoms with E-state index in [1.807, 2.05) is 6.92 Å². The summed E-state index contributed by atoms with van der Waals surface area (Å²) in [6, 6.07) is 0.430. The van der Waals surface area contributed by atoms with Gasteiger partial charge in [0, 0.05) is 39.1 Å². The molecule has 1 saturated heterocycles. The van der Waals surface area contributed by atoms with Gasteiger partial charge in [-0.15, -0.1) is 24.0 Å². The van der Waals surface area contributed by atoms with Crippen molar-refractivity contribution >= 4 is 41.8 Å². The van der Waals surface area contributed by atoms with Gasteiger partial charge in [0.05, 0.1) is 12.5 Å². The van der Waals surface area contributed by atoms with Crippen LogP contribution in [0.2, 0.25) is 0 Å². The summed E-state index contributed by atoms with van der Waals surface area (Å²) in [5.41, 5.74) is 0. The van der Waals surface area contributed by atoms with Crippen LogP contribution in [0.5, 0.6) is 0 Å². The fraction of sp³-hybridized carbons (Fsp3) is 0.824. The summed E-state index contributed by atoms with van der Waals surface area (Å²) in [7, 11) is 1.76. The van der Waals surface area contributed by atoms with Crippen molar-refractivity contribution < 1.29 is 14.3 Å². The number of hydrogen-bond donors (Lipinski definition) is 2. The number of hydrogen-bond acceptors (Lipinski definition) is 4. The summed E-state index contributed by atoms with van der Waals surface area (Å²) in [6.07, 6.45) is 5.17. The molecule has 1 aliphatic heterocycles. The molecule has 25 heavy (non-hydrogen) atoms. The second-order valence-electron chi connectivity index (χ2n) is 6.43. The zero-order chi connectivity index (χ0) is 17.4. The molecule has 8 heteroatoms. The van der Waals surface area contributed by atoms with Crippen LogP contribution < -0.4 is 10.6 Å². The maximum Gasteiger partial charge on any atom is 0.309 e. The van der Waals surface area contributed by atoms with Crippen LogP contribution in [0, 0.1) is 5.92 Å². The van der Waals surface area contributed by atoms with Crippen LogP contribution in [0.4, 0.5) is 0 Å². The second-order valence-corrected chi connectivity index (χ2v) is 6.43. The van der Waals surface area contributed by atoms with Crippen LogP contribution in [0.25, 0.3) is 0 Å². The van der Waals surface area contributed by atoms with Crippen LogP contribution in [0.3, 0.4) is 0 Å². The topological polar surface area (TPSA) is 83.0 Å². The Labute approximate surface area is 167 Å². The third-order valence-electron chi connectivity index (χ3n) is 4.43. The first kappa shape index (κ1) is 22.0. The zero-order valence-corrected chi connectivity index (χ0v) is 17.6. The molecule has 0 spiro atoms. The fourth-order valence-electron chi connectivity index (χ4n) is 2.90. The molecule has 0 aromatic heterocycles. The molecule has 1 saturated carbocycles. The smallest absolute Gasteiger partial charge is 0.309 e. The molecular weight excluding hydrogens is 435 g/mol. The van der Waals surface area contributed by atoms with Crippen LogP contribution in [0.1, 0.15) is 45.4 Å². The van der Waals surface area contributed by atoms with Gasteiger partial charge in [-0.2, -0.15) is 0 Å². The van der Waals surface area contributed by atoms with Gasteiger partial charge in [-0.05, 0) is 39.0 Å². The monoisotopic (exact) mass is 466 g/mol. The number of amides is 1. The van der Waals surface area contributed by atoms with Gasteiger partial charge in [-0.1, -0.05) is 0 Å². The summed E-state index contributed by atoms with van der Waals surface area (Å²) >= 11 is 0. The van der Waals surface area contributed by atoms with Gasteiger partial charge < -0.3 is 20.3 Å². The van der Waals surface area contributed by atoms with E-state index in [9.17, 15) is 9.59 Å². The number of piperidine rings is 1. The molecule has 2 fully saturated rings. The van der Waals surface area contributed by atoms with Crippen molar-refractivity contribution in [2.75, 3.05) is 33.3 Å². The molecule has 7 nitrogen and oxygen atoms in total. The molecule has 144 valence electrons. The Morgan fingerprint density at radius 3 is 2.44 bits per heavy atom. The lowest BCUT2D eigenvalue weighted by atomic mass is 9.97. The van der Waals surface area contributed by atoms with Crippen LogP contribution in [-0.2, 0) is 14.3 Å². The molecule has 0 aromatic carbocycles. The van der Waals surface area contributed by atoms with Crippen LogP contribution in [0.15, 0.2) is 4.99 Å². The molecule has 0 atom stereocenters. The minimum Gasteiger partial charge on any atom is -0.466 e. The van der Waals surface area contributed by atoms with Crippen LogP contribution in [-0.4, -0.2) is 62.1 Å². The molecule has 1 aliphatic carbocycles. The van der Waals surface area contributed by atoms with E-state index in [1.165, 1.54) is 0 Å². The van der Waals surface area contributed by atoms with Crippen molar-refractivity contribution in [1.82, 2.24) is 15.5 Å². The van der Waals surface area contributed by atoms with Gasteiger partial charge in [0.25, 0.3) is 0 Å². The fourth-order valence-corrected chi connectivity index (χ4v) is 2.90. The van der Waals surface area contributed by atoms with Crippen molar-refractivity contribution in [3.8, 4) is 0 Å². The van der Waals surface area contributed by atoms with E-state index in [1.54, 1.807) is 7.05 Å². The van der Waals surface area contributed by atoms with E-state index in [0.29, 0.717) is 19.1 Å². The second kappa shape index (κ2) is 11.5. The number of nitrogens with one attached hydrogen (secondary N) is 2. The maximum atomic E-state index is 11.8. The average Bonchev–Trinajstić information content (AvgIpc) is 3.39. The first-order valence-corrected chi connectivity index (χ1v) is 9.05. The Kier molecular flexibility index (Phi) is 10.1. The van der Waals surface area contributed by atoms with Gasteiger partial charge in [-0.25, -0.2) is 0 Å². The molecule has 2 rings (SSSR count). The minimum atomic E-state index is -0.0817. The molecule has 0 radical (unpaired) electrons. The van der Waals surface area contributed by atoms with E-state index in [-0.39, 0.29) is 41.8 Å². The Morgan fingerprint density at radius 1 is 1.20 bits per heavy atom. The molecule has 0 unspecified atom stereocenters.